The van der Waals surface area contributed by atoms with Gasteiger partial charge in [0.15, 0.2) is 0 Å². The lowest BCUT2D eigenvalue weighted by Gasteiger charge is -1.84. The fourth-order valence-corrected chi connectivity index (χ4v) is 1.18. The molecule has 0 saturated heterocycles. The molecule has 0 aromatic carbocycles. The van der Waals surface area contributed by atoms with Crippen molar-refractivity contribution in [3.05, 3.63) is 16.6 Å². The van der Waals surface area contributed by atoms with Crippen LogP contribution in [0.1, 0.15) is 16.1 Å². The third-order valence-corrected chi connectivity index (χ3v) is 1.70. The highest BCUT2D eigenvalue weighted by molar-refractivity contribution is 7.03. The molecule has 0 amide bonds. The molecule has 56 valence electrons. The maximum atomic E-state index is 10.2. The highest BCUT2D eigenvalue weighted by Crippen LogP contribution is 2.07. The molecule has 0 saturated carbocycles. The standard InChI is InChI=1S/C5H5NO2S.ClH/c1-3-4(5(7)8)2-9-6-3;/h2H,1H3,(H,7,8);1H. The zero-order chi connectivity index (χ0) is 6.85. The van der Waals surface area contributed by atoms with E-state index >= 15 is 0 Å². The van der Waals surface area contributed by atoms with E-state index in [1.165, 1.54) is 5.38 Å². The van der Waals surface area contributed by atoms with Crippen molar-refractivity contribution in [1.82, 2.24) is 4.37 Å². The maximum absolute atomic E-state index is 10.2. The van der Waals surface area contributed by atoms with E-state index in [1.807, 2.05) is 0 Å². The summed E-state index contributed by atoms with van der Waals surface area (Å²) in [7, 11) is 0. The van der Waals surface area contributed by atoms with Gasteiger partial charge in [0.05, 0.1) is 11.3 Å². The van der Waals surface area contributed by atoms with Gasteiger partial charge in [0, 0.05) is 5.38 Å². The molecule has 0 aliphatic heterocycles. The van der Waals surface area contributed by atoms with Crippen molar-refractivity contribution >= 4 is 29.9 Å². The smallest absolute Gasteiger partial charge is 0.338 e. The Bertz CT molecular complexity index is 235. The third kappa shape index (κ3) is 1.68. The molecular weight excluding hydrogens is 174 g/mol. The van der Waals surface area contributed by atoms with E-state index in [-0.39, 0.29) is 12.4 Å². The third-order valence-electron chi connectivity index (χ3n) is 0.980. The lowest BCUT2D eigenvalue weighted by atomic mass is 10.3. The Morgan fingerprint density at radius 2 is 2.40 bits per heavy atom. The summed E-state index contributed by atoms with van der Waals surface area (Å²) in [4.78, 5) is 10.2. The fourth-order valence-electron chi connectivity index (χ4n) is 0.498. The van der Waals surface area contributed by atoms with E-state index < -0.39 is 5.97 Å². The van der Waals surface area contributed by atoms with Crippen molar-refractivity contribution in [2.24, 2.45) is 0 Å². The Morgan fingerprint density at radius 3 is 2.60 bits per heavy atom. The van der Waals surface area contributed by atoms with Crippen LogP contribution in [0, 0.1) is 6.92 Å². The van der Waals surface area contributed by atoms with Gasteiger partial charge in [-0.2, -0.15) is 4.37 Å². The SMILES string of the molecule is Cc1nscc1C(=O)O.Cl. The highest BCUT2D eigenvalue weighted by atomic mass is 35.5. The van der Waals surface area contributed by atoms with Crippen molar-refractivity contribution in [2.75, 3.05) is 0 Å². The van der Waals surface area contributed by atoms with E-state index in [0.717, 1.165) is 11.5 Å². The summed E-state index contributed by atoms with van der Waals surface area (Å²) in [5.41, 5.74) is 0.896. The van der Waals surface area contributed by atoms with Crippen LogP contribution in [0.2, 0.25) is 0 Å². The second kappa shape index (κ2) is 3.53. The maximum Gasteiger partial charge on any atom is 0.338 e. The van der Waals surface area contributed by atoms with Crippen LogP contribution < -0.4 is 0 Å². The first-order valence-electron chi connectivity index (χ1n) is 2.36. The van der Waals surface area contributed by atoms with E-state index in [4.69, 9.17) is 5.11 Å². The first-order valence-corrected chi connectivity index (χ1v) is 3.19. The monoisotopic (exact) mass is 179 g/mol. The van der Waals surface area contributed by atoms with Gasteiger partial charge in [-0.05, 0) is 18.5 Å². The minimum atomic E-state index is -0.902. The van der Waals surface area contributed by atoms with Crippen LogP contribution in [0.5, 0.6) is 0 Å². The number of carbonyl (C=O) groups is 1. The van der Waals surface area contributed by atoms with Crippen LogP contribution in [0.3, 0.4) is 0 Å². The highest BCUT2D eigenvalue weighted by Gasteiger charge is 2.07. The van der Waals surface area contributed by atoms with E-state index in [2.05, 4.69) is 4.37 Å². The predicted octanol–water partition coefficient (Wildman–Crippen LogP) is 1.57. The molecule has 1 N–H and O–H groups in total. The molecular formula is C5H6ClNO2S. The van der Waals surface area contributed by atoms with Crippen molar-refractivity contribution in [1.29, 1.82) is 0 Å². The summed E-state index contributed by atoms with van der Waals surface area (Å²) in [6.07, 6.45) is 0. The van der Waals surface area contributed by atoms with E-state index in [1.54, 1.807) is 6.92 Å². The summed E-state index contributed by atoms with van der Waals surface area (Å²) >= 11 is 1.16. The molecule has 0 atom stereocenters. The molecule has 0 bridgehead atoms. The molecule has 0 radical (unpaired) electrons. The molecule has 1 rings (SSSR count). The number of halogens is 1. The second-order valence-electron chi connectivity index (χ2n) is 1.62. The zero-order valence-electron chi connectivity index (χ0n) is 5.20. The van der Waals surface area contributed by atoms with Crippen molar-refractivity contribution in [3.63, 3.8) is 0 Å². The second-order valence-corrected chi connectivity index (χ2v) is 2.25. The molecule has 0 fully saturated rings. The van der Waals surface area contributed by atoms with Gasteiger partial charge in [-0.15, -0.1) is 12.4 Å². The number of aryl methyl sites for hydroxylation is 1. The van der Waals surface area contributed by atoms with Gasteiger partial charge in [-0.3, -0.25) is 0 Å². The molecule has 1 aromatic heterocycles. The average Bonchev–Trinajstić information content (AvgIpc) is 2.13. The van der Waals surface area contributed by atoms with E-state index in [0.29, 0.717) is 11.3 Å². The molecule has 0 aliphatic rings. The van der Waals surface area contributed by atoms with Crippen molar-refractivity contribution in [2.45, 2.75) is 6.92 Å². The summed E-state index contributed by atoms with van der Waals surface area (Å²) < 4.78 is 3.80. The van der Waals surface area contributed by atoms with Crippen LogP contribution in [0.25, 0.3) is 0 Å². The van der Waals surface area contributed by atoms with Crippen molar-refractivity contribution in [3.8, 4) is 0 Å². The summed E-state index contributed by atoms with van der Waals surface area (Å²) in [5.74, 6) is -0.902. The van der Waals surface area contributed by atoms with Crippen LogP contribution >= 0.6 is 23.9 Å². The largest absolute Gasteiger partial charge is 0.478 e. The Morgan fingerprint density at radius 1 is 1.80 bits per heavy atom. The van der Waals surface area contributed by atoms with Gasteiger partial charge in [-0.1, -0.05) is 0 Å². The minimum absolute atomic E-state index is 0. The molecule has 0 spiro atoms. The van der Waals surface area contributed by atoms with Crippen molar-refractivity contribution < 1.29 is 9.90 Å². The molecule has 5 heteroatoms. The fraction of sp³-hybridized carbons (Fsp3) is 0.200. The summed E-state index contributed by atoms with van der Waals surface area (Å²) in [6.45, 7) is 1.68. The Labute approximate surface area is 68.3 Å². The van der Waals surface area contributed by atoms with Gasteiger partial charge in [0.2, 0.25) is 0 Å². The molecule has 3 nitrogen and oxygen atoms in total. The van der Waals surface area contributed by atoms with Gasteiger partial charge in [0.25, 0.3) is 0 Å². The van der Waals surface area contributed by atoms with Gasteiger partial charge >= 0.3 is 5.97 Å². The molecule has 10 heavy (non-hydrogen) atoms. The first kappa shape index (κ1) is 9.39. The Hall–Kier alpha value is -0.610. The normalized spacial score (nSPS) is 8.50. The van der Waals surface area contributed by atoms with Crippen LogP contribution in [-0.2, 0) is 0 Å². The lowest BCUT2D eigenvalue weighted by Crippen LogP contribution is -1.95. The number of hydrogen-bond donors (Lipinski definition) is 1. The number of hydrogen-bond acceptors (Lipinski definition) is 3. The van der Waals surface area contributed by atoms with Gasteiger partial charge in [0.1, 0.15) is 0 Å². The first-order chi connectivity index (χ1) is 4.22. The Balaban J connectivity index is 0.000000810. The number of aromatic nitrogens is 1. The molecule has 0 aliphatic carbocycles. The average molecular weight is 180 g/mol. The quantitative estimate of drug-likeness (QED) is 0.712. The van der Waals surface area contributed by atoms with Crippen LogP contribution in [-0.4, -0.2) is 15.4 Å². The number of carboxylic acids is 1. The number of aromatic carboxylic acids is 1. The molecule has 1 aromatic rings. The van der Waals surface area contributed by atoms with Gasteiger partial charge < -0.3 is 5.11 Å². The summed E-state index contributed by atoms with van der Waals surface area (Å²) in [6, 6.07) is 0. The number of carboxylic acid groups (broad SMARTS) is 1. The zero-order valence-corrected chi connectivity index (χ0v) is 6.83. The molecule has 1 heterocycles. The summed E-state index contributed by atoms with van der Waals surface area (Å²) in [5, 5.41) is 9.95. The van der Waals surface area contributed by atoms with Crippen LogP contribution in [0.4, 0.5) is 0 Å². The van der Waals surface area contributed by atoms with Crippen LogP contribution in [0.15, 0.2) is 5.38 Å². The lowest BCUT2D eigenvalue weighted by molar-refractivity contribution is 0.0696. The topological polar surface area (TPSA) is 50.2 Å². The number of nitrogens with zero attached hydrogens (tertiary/aromatic N) is 1. The predicted molar refractivity (Wildman–Crippen MR) is 41.1 cm³/mol. The minimum Gasteiger partial charge on any atom is -0.478 e. The molecule has 0 unspecified atom stereocenters. The van der Waals surface area contributed by atoms with E-state index in [9.17, 15) is 4.79 Å². The number of rotatable bonds is 1. The Kier molecular flexibility index (Phi) is 3.32. The van der Waals surface area contributed by atoms with Gasteiger partial charge in [-0.25, -0.2) is 4.79 Å².